The summed E-state index contributed by atoms with van der Waals surface area (Å²) in [7, 11) is 0. The fraction of sp³-hybridized carbons (Fsp3) is 0.391. The molecule has 3 rings (SSSR count). The molecule has 6 heteroatoms. The predicted molar refractivity (Wildman–Crippen MR) is 119 cm³/mol. The molecular weight excluding hydrogens is 364 g/mol. The Labute approximate surface area is 172 Å². The van der Waals surface area contributed by atoms with E-state index in [1.807, 2.05) is 47.4 Å². The monoisotopic (exact) mass is 394 g/mol. The highest BCUT2D eigenvalue weighted by Gasteiger charge is 2.24. The van der Waals surface area contributed by atoms with Crippen LogP contribution in [0.25, 0.3) is 0 Å². The third-order valence-corrected chi connectivity index (χ3v) is 5.10. The van der Waals surface area contributed by atoms with E-state index < -0.39 is 0 Å². The lowest BCUT2D eigenvalue weighted by Crippen LogP contribution is -2.50. The first-order valence-electron chi connectivity index (χ1n) is 10.0. The van der Waals surface area contributed by atoms with E-state index in [9.17, 15) is 9.59 Å². The van der Waals surface area contributed by atoms with Gasteiger partial charge < -0.3 is 20.4 Å². The first kappa shape index (κ1) is 20.7. The maximum Gasteiger partial charge on any atom is 0.321 e. The molecule has 1 aliphatic heterocycles. The summed E-state index contributed by atoms with van der Waals surface area (Å²) >= 11 is 0. The quantitative estimate of drug-likeness (QED) is 0.816. The summed E-state index contributed by atoms with van der Waals surface area (Å²) in [5, 5.41) is 5.87. The first-order valence-corrected chi connectivity index (χ1v) is 10.0. The summed E-state index contributed by atoms with van der Waals surface area (Å²) in [6.45, 7) is 10.8. The van der Waals surface area contributed by atoms with Crippen LogP contribution in [0.4, 0.5) is 21.9 Å². The van der Waals surface area contributed by atoms with Crippen molar-refractivity contribution >= 4 is 29.0 Å². The Morgan fingerprint density at radius 3 is 2.07 bits per heavy atom. The molecule has 29 heavy (non-hydrogen) atoms. The van der Waals surface area contributed by atoms with Crippen molar-refractivity contribution in [3.05, 3.63) is 54.1 Å². The Bertz CT molecular complexity index is 863. The number of para-hydroxylation sites is 1. The molecule has 6 nitrogen and oxygen atoms in total. The highest BCUT2D eigenvalue weighted by molar-refractivity contribution is 5.91. The van der Waals surface area contributed by atoms with Gasteiger partial charge in [0.25, 0.3) is 0 Å². The minimum absolute atomic E-state index is 0.0357. The fourth-order valence-electron chi connectivity index (χ4n) is 3.57. The van der Waals surface area contributed by atoms with Gasteiger partial charge in [-0.25, -0.2) is 4.79 Å². The number of carbonyl (C=O) groups is 2. The van der Waals surface area contributed by atoms with Gasteiger partial charge in [0.15, 0.2) is 0 Å². The zero-order valence-corrected chi connectivity index (χ0v) is 17.7. The Balaban J connectivity index is 1.58. The Morgan fingerprint density at radius 1 is 0.862 bits per heavy atom. The van der Waals surface area contributed by atoms with Crippen LogP contribution in [0.5, 0.6) is 0 Å². The first-order chi connectivity index (χ1) is 13.7. The molecule has 0 unspecified atom stereocenters. The van der Waals surface area contributed by atoms with E-state index in [2.05, 4.69) is 42.4 Å². The van der Waals surface area contributed by atoms with Crippen molar-refractivity contribution in [1.82, 2.24) is 4.90 Å². The second-order valence-electron chi connectivity index (χ2n) is 8.43. The molecule has 0 aliphatic carbocycles. The highest BCUT2D eigenvalue weighted by atomic mass is 16.2. The molecule has 0 spiro atoms. The number of hydrogen-bond acceptors (Lipinski definition) is 3. The van der Waals surface area contributed by atoms with E-state index in [1.54, 1.807) is 0 Å². The summed E-state index contributed by atoms with van der Waals surface area (Å²) in [4.78, 5) is 28.1. The molecule has 3 amide bonds. The second-order valence-corrected chi connectivity index (χ2v) is 8.43. The second kappa shape index (κ2) is 8.55. The summed E-state index contributed by atoms with van der Waals surface area (Å²) < 4.78 is 0. The van der Waals surface area contributed by atoms with Crippen LogP contribution >= 0.6 is 0 Å². The maximum atomic E-state index is 12.8. The van der Waals surface area contributed by atoms with Crippen molar-refractivity contribution < 1.29 is 9.59 Å². The van der Waals surface area contributed by atoms with Crippen LogP contribution in [0.15, 0.2) is 48.5 Å². The van der Waals surface area contributed by atoms with Crippen LogP contribution in [0.3, 0.4) is 0 Å². The Kier molecular flexibility index (Phi) is 6.11. The average molecular weight is 395 g/mol. The third kappa shape index (κ3) is 5.28. The number of hydrogen-bond donors (Lipinski definition) is 2. The number of carbonyl (C=O) groups excluding carboxylic acids is 2. The van der Waals surface area contributed by atoms with Gasteiger partial charge in [-0.3, -0.25) is 4.79 Å². The van der Waals surface area contributed by atoms with Crippen LogP contribution in [0.1, 0.15) is 33.3 Å². The van der Waals surface area contributed by atoms with E-state index in [1.165, 1.54) is 6.92 Å². The number of amides is 3. The van der Waals surface area contributed by atoms with Gasteiger partial charge in [-0.1, -0.05) is 39.0 Å². The third-order valence-electron chi connectivity index (χ3n) is 5.10. The molecule has 2 N–H and O–H groups in total. The summed E-state index contributed by atoms with van der Waals surface area (Å²) in [5.41, 5.74) is 3.85. The van der Waals surface area contributed by atoms with Gasteiger partial charge in [0.05, 0.1) is 0 Å². The van der Waals surface area contributed by atoms with Crippen LogP contribution in [-0.4, -0.2) is 43.0 Å². The molecule has 0 aromatic heterocycles. The summed E-state index contributed by atoms with van der Waals surface area (Å²) in [6, 6.07) is 15.7. The minimum atomic E-state index is -0.0783. The van der Waals surface area contributed by atoms with Crippen molar-refractivity contribution in [3.8, 4) is 0 Å². The molecule has 1 fully saturated rings. The van der Waals surface area contributed by atoms with Crippen LogP contribution < -0.4 is 15.5 Å². The molecule has 0 radical (unpaired) electrons. The standard InChI is InChI=1S/C23H30N4O2/c1-17(28)24-18-9-11-19(12-10-18)26-13-15-27(16-14-26)22(29)25-21-8-6-5-7-20(21)23(2,3)4/h5-12H,13-16H2,1-4H3,(H,24,28)(H,25,29). The van der Waals surface area contributed by atoms with Gasteiger partial charge in [-0.2, -0.15) is 0 Å². The number of rotatable bonds is 3. The Hall–Kier alpha value is -3.02. The lowest BCUT2D eigenvalue weighted by atomic mass is 9.86. The number of anilines is 3. The van der Waals surface area contributed by atoms with E-state index in [-0.39, 0.29) is 17.4 Å². The lowest BCUT2D eigenvalue weighted by Gasteiger charge is -2.36. The van der Waals surface area contributed by atoms with Crippen molar-refractivity contribution in [2.45, 2.75) is 33.1 Å². The molecule has 1 saturated heterocycles. The normalized spacial score (nSPS) is 14.5. The minimum Gasteiger partial charge on any atom is -0.368 e. The van der Waals surface area contributed by atoms with Gasteiger partial charge >= 0.3 is 6.03 Å². The van der Waals surface area contributed by atoms with Crippen LogP contribution in [0.2, 0.25) is 0 Å². The smallest absolute Gasteiger partial charge is 0.321 e. The zero-order chi connectivity index (χ0) is 21.0. The van der Waals surface area contributed by atoms with Gasteiger partial charge in [0.1, 0.15) is 0 Å². The SMILES string of the molecule is CC(=O)Nc1ccc(N2CCN(C(=O)Nc3ccccc3C(C)(C)C)CC2)cc1. The predicted octanol–water partition coefficient (Wildman–Crippen LogP) is 4.30. The van der Waals surface area contributed by atoms with E-state index >= 15 is 0 Å². The van der Waals surface area contributed by atoms with Gasteiger partial charge in [0, 0.05) is 50.2 Å². The van der Waals surface area contributed by atoms with Crippen LogP contribution in [0, 0.1) is 0 Å². The van der Waals surface area contributed by atoms with Crippen molar-refractivity contribution in [1.29, 1.82) is 0 Å². The highest BCUT2D eigenvalue weighted by Crippen LogP contribution is 2.29. The van der Waals surface area contributed by atoms with E-state index in [4.69, 9.17) is 0 Å². The van der Waals surface area contributed by atoms with E-state index in [0.717, 1.165) is 35.7 Å². The topological polar surface area (TPSA) is 64.7 Å². The van der Waals surface area contributed by atoms with Crippen molar-refractivity contribution in [2.24, 2.45) is 0 Å². The molecular formula is C23H30N4O2. The summed E-state index contributed by atoms with van der Waals surface area (Å²) in [6.07, 6.45) is 0. The number of piperazine rings is 1. The van der Waals surface area contributed by atoms with Crippen molar-refractivity contribution in [3.63, 3.8) is 0 Å². The molecule has 0 atom stereocenters. The molecule has 1 aliphatic rings. The van der Waals surface area contributed by atoms with Gasteiger partial charge in [0.2, 0.25) is 5.91 Å². The van der Waals surface area contributed by atoms with Crippen LogP contribution in [-0.2, 0) is 10.2 Å². The number of benzene rings is 2. The molecule has 0 bridgehead atoms. The van der Waals surface area contributed by atoms with Gasteiger partial charge in [-0.05, 0) is 41.3 Å². The fourth-order valence-corrected chi connectivity index (χ4v) is 3.57. The molecule has 2 aromatic carbocycles. The maximum absolute atomic E-state index is 12.8. The lowest BCUT2D eigenvalue weighted by molar-refractivity contribution is -0.114. The molecule has 1 heterocycles. The largest absolute Gasteiger partial charge is 0.368 e. The number of nitrogens with one attached hydrogen (secondary N) is 2. The molecule has 0 saturated carbocycles. The molecule has 154 valence electrons. The summed E-state index contributed by atoms with van der Waals surface area (Å²) in [5.74, 6) is -0.0783. The Morgan fingerprint density at radius 2 is 1.48 bits per heavy atom. The van der Waals surface area contributed by atoms with Crippen molar-refractivity contribution in [2.75, 3.05) is 41.7 Å². The average Bonchev–Trinajstić information content (AvgIpc) is 2.68. The zero-order valence-electron chi connectivity index (χ0n) is 17.7. The van der Waals surface area contributed by atoms with Gasteiger partial charge in [-0.15, -0.1) is 0 Å². The number of nitrogens with zero attached hydrogens (tertiary/aromatic N) is 2. The number of urea groups is 1. The molecule has 2 aromatic rings. The van der Waals surface area contributed by atoms with E-state index in [0.29, 0.717) is 13.1 Å².